The number of hydrogen-bond donors (Lipinski definition) is 3. The van der Waals surface area contributed by atoms with Crippen molar-refractivity contribution in [1.82, 2.24) is 15.3 Å². The van der Waals surface area contributed by atoms with Gasteiger partial charge < -0.3 is 15.3 Å². The first-order valence-electron chi connectivity index (χ1n) is 9.83. The van der Waals surface area contributed by atoms with Gasteiger partial charge >= 0.3 is 0 Å². The molecule has 1 amide bonds. The maximum atomic E-state index is 12.7. The quantitative estimate of drug-likeness (QED) is 0.427. The molecule has 5 rings (SSSR count). The fraction of sp³-hybridized carbons (Fsp3) is 0.261. The Morgan fingerprint density at radius 2 is 2.04 bits per heavy atom. The molecule has 0 radical (unpaired) electrons. The van der Waals surface area contributed by atoms with Crippen molar-refractivity contribution in [1.29, 1.82) is 0 Å². The highest BCUT2D eigenvalue weighted by molar-refractivity contribution is 6.31. The standard InChI is InChI=1S/C23H22ClN3O/c24-15-9-10-20-18(12-15)17-5-3-7-21(23(17)27-20)26-22(28)11-8-14-13-25-19-6-2-1-4-16(14)19/h1-2,4,6,9-10,12-13,21,25,27H,3,5,7-8,11H2,(H,26,28). The molecule has 1 atom stereocenters. The predicted octanol–water partition coefficient (Wildman–Crippen LogP) is 5.43. The van der Waals surface area contributed by atoms with Crippen LogP contribution >= 0.6 is 11.6 Å². The lowest BCUT2D eigenvalue weighted by molar-refractivity contribution is -0.121. The van der Waals surface area contributed by atoms with Crippen molar-refractivity contribution in [3.63, 3.8) is 0 Å². The summed E-state index contributed by atoms with van der Waals surface area (Å²) in [4.78, 5) is 19.5. The molecule has 4 aromatic rings. The molecule has 4 nitrogen and oxygen atoms in total. The molecule has 142 valence electrons. The molecule has 3 N–H and O–H groups in total. The summed E-state index contributed by atoms with van der Waals surface area (Å²) in [6, 6.07) is 14.2. The van der Waals surface area contributed by atoms with Crippen molar-refractivity contribution in [2.24, 2.45) is 0 Å². The van der Waals surface area contributed by atoms with Gasteiger partial charge in [-0.1, -0.05) is 29.8 Å². The van der Waals surface area contributed by atoms with E-state index < -0.39 is 0 Å². The second-order valence-electron chi connectivity index (χ2n) is 7.58. The van der Waals surface area contributed by atoms with Crippen molar-refractivity contribution >= 4 is 39.3 Å². The lowest BCUT2D eigenvalue weighted by Crippen LogP contribution is -2.31. The molecule has 0 bridgehead atoms. The van der Waals surface area contributed by atoms with Crippen molar-refractivity contribution < 1.29 is 4.79 Å². The third-order valence-corrected chi connectivity index (χ3v) is 6.04. The number of aryl methyl sites for hydroxylation is 2. The number of H-pyrrole nitrogens is 2. The van der Waals surface area contributed by atoms with E-state index >= 15 is 0 Å². The zero-order valence-corrected chi connectivity index (χ0v) is 16.3. The number of rotatable bonds is 4. The van der Waals surface area contributed by atoms with Crippen LogP contribution in [0.1, 0.15) is 42.1 Å². The number of carbonyl (C=O) groups excluding carboxylic acids is 1. The average molecular weight is 392 g/mol. The van der Waals surface area contributed by atoms with Gasteiger partial charge in [0.25, 0.3) is 0 Å². The molecular weight excluding hydrogens is 370 g/mol. The minimum absolute atomic E-state index is 0.0467. The van der Waals surface area contributed by atoms with Crippen molar-refractivity contribution in [2.45, 2.75) is 38.1 Å². The van der Waals surface area contributed by atoms with Gasteiger partial charge in [-0.25, -0.2) is 0 Å². The molecule has 1 aliphatic carbocycles. The van der Waals surface area contributed by atoms with E-state index in [1.165, 1.54) is 21.9 Å². The number of aromatic nitrogens is 2. The number of benzene rings is 2. The van der Waals surface area contributed by atoms with E-state index in [1.807, 2.05) is 36.5 Å². The van der Waals surface area contributed by atoms with E-state index in [0.717, 1.165) is 47.4 Å². The van der Waals surface area contributed by atoms with Crippen molar-refractivity contribution in [3.05, 3.63) is 70.5 Å². The molecule has 0 saturated heterocycles. The molecule has 0 fully saturated rings. The highest BCUT2D eigenvalue weighted by Gasteiger charge is 2.25. The van der Waals surface area contributed by atoms with Crippen LogP contribution in [-0.2, 0) is 17.6 Å². The third kappa shape index (κ3) is 3.08. The monoisotopic (exact) mass is 391 g/mol. The molecule has 5 heteroatoms. The summed E-state index contributed by atoms with van der Waals surface area (Å²) in [5.41, 5.74) is 5.84. The summed E-state index contributed by atoms with van der Waals surface area (Å²) >= 11 is 6.18. The minimum atomic E-state index is 0.0467. The van der Waals surface area contributed by atoms with Crippen LogP contribution in [0.4, 0.5) is 0 Å². The Morgan fingerprint density at radius 1 is 1.14 bits per heavy atom. The maximum absolute atomic E-state index is 12.7. The van der Waals surface area contributed by atoms with Crippen LogP contribution in [0.15, 0.2) is 48.7 Å². The number of fused-ring (bicyclic) bond motifs is 4. The van der Waals surface area contributed by atoms with Gasteiger partial charge in [-0.3, -0.25) is 4.79 Å². The Labute approximate surface area is 168 Å². The van der Waals surface area contributed by atoms with Crippen LogP contribution in [0.25, 0.3) is 21.8 Å². The second-order valence-corrected chi connectivity index (χ2v) is 8.02. The first kappa shape index (κ1) is 17.4. The normalized spacial score (nSPS) is 16.4. The summed E-state index contributed by atoms with van der Waals surface area (Å²) in [5, 5.41) is 6.37. The fourth-order valence-corrected chi connectivity index (χ4v) is 4.60. The van der Waals surface area contributed by atoms with E-state index in [-0.39, 0.29) is 11.9 Å². The van der Waals surface area contributed by atoms with Crippen LogP contribution in [0, 0.1) is 0 Å². The molecule has 1 aliphatic rings. The molecule has 0 spiro atoms. The van der Waals surface area contributed by atoms with Gasteiger partial charge in [-0.05, 0) is 61.1 Å². The molecule has 0 aliphatic heterocycles. The summed E-state index contributed by atoms with van der Waals surface area (Å²) in [6.07, 6.45) is 6.29. The SMILES string of the molecule is O=C(CCc1c[nH]c2ccccc12)NC1CCCc2c1[nH]c1ccc(Cl)cc21. The number of hydrogen-bond acceptors (Lipinski definition) is 1. The van der Waals surface area contributed by atoms with Gasteiger partial charge in [0, 0.05) is 45.1 Å². The van der Waals surface area contributed by atoms with Crippen molar-refractivity contribution in [2.75, 3.05) is 0 Å². The van der Waals surface area contributed by atoms with Gasteiger partial charge in [-0.2, -0.15) is 0 Å². The largest absolute Gasteiger partial charge is 0.361 e. The molecule has 2 heterocycles. The fourth-order valence-electron chi connectivity index (χ4n) is 4.43. The van der Waals surface area contributed by atoms with Crippen LogP contribution in [0.2, 0.25) is 5.02 Å². The Hall–Kier alpha value is -2.72. The maximum Gasteiger partial charge on any atom is 0.220 e. The van der Waals surface area contributed by atoms with E-state index in [2.05, 4.69) is 27.4 Å². The molecule has 2 aromatic heterocycles. The zero-order valence-electron chi connectivity index (χ0n) is 15.5. The van der Waals surface area contributed by atoms with E-state index in [9.17, 15) is 4.79 Å². The number of amides is 1. The summed E-state index contributed by atoms with van der Waals surface area (Å²) < 4.78 is 0. The first-order valence-corrected chi connectivity index (χ1v) is 10.2. The first-order chi connectivity index (χ1) is 13.7. The highest BCUT2D eigenvalue weighted by atomic mass is 35.5. The Balaban J connectivity index is 1.31. The van der Waals surface area contributed by atoms with Gasteiger partial charge in [0.2, 0.25) is 5.91 Å². The van der Waals surface area contributed by atoms with Crippen molar-refractivity contribution in [3.8, 4) is 0 Å². The average Bonchev–Trinajstić information content (AvgIpc) is 3.28. The number of halogens is 1. The number of carbonyl (C=O) groups is 1. The molecule has 2 aromatic carbocycles. The smallest absolute Gasteiger partial charge is 0.220 e. The predicted molar refractivity (Wildman–Crippen MR) is 114 cm³/mol. The summed E-state index contributed by atoms with van der Waals surface area (Å²) in [5.74, 6) is 0.0971. The van der Waals surface area contributed by atoms with Crippen LogP contribution in [0.5, 0.6) is 0 Å². The Bertz CT molecular complexity index is 1170. The Kier molecular flexibility index (Phi) is 4.36. The van der Waals surface area contributed by atoms with Gasteiger partial charge in [0.05, 0.1) is 6.04 Å². The van der Waals surface area contributed by atoms with E-state index in [1.54, 1.807) is 0 Å². The molecule has 0 saturated carbocycles. The van der Waals surface area contributed by atoms with Crippen LogP contribution < -0.4 is 5.32 Å². The van der Waals surface area contributed by atoms with Gasteiger partial charge in [-0.15, -0.1) is 0 Å². The number of aromatic amines is 2. The topological polar surface area (TPSA) is 60.7 Å². The third-order valence-electron chi connectivity index (χ3n) is 5.80. The lowest BCUT2D eigenvalue weighted by atomic mass is 9.91. The molecule has 1 unspecified atom stereocenters. The van der Waals surface area contributed by atoms with E-state index in [4.69, 9.17) is 11.6 Å². The molecular formula is C23H22ClN3O. The lowest BCUT2D eigenvalue weighted by Gasteiger charge is -2.24. The van der Waals surface area contributed by atoms with Crippen LogP contribution in [-0.4, -0.2) is 15.9 Å². The number of nitrogens with one attached hydrogen (secondary N) is 3. The minimum Gasteiger partial charge on any atom is -0.361 e. The second kappa shape index (κ2) is 7.02. The molecule has 28 heavy (non-hydrogen) atoms. The van der Waals surface area contributed by atoms with E-state index in [0.29, 0.717) is 6.42 Å². The van der Waals surface area contributed by atoms with Gasteiger partial charge in [0.15, 0.2) is 0 Å². The summed E-state index contributed by atoms with van der Waals surface area (Å²) in [7, 11) is 0. The van der Waals surface area contributed by atoms with Gasteiger partial charge in [0.1, 0.15) is 0 Å². The Morgan fingerprint density at radius 3 is 2.96 bits per heavy atom. The highest BCUT2D eigenvalue weighted by Crippen LogP contribution is 2.35. The van der Waals surface area contributed by atoms with Crippen LogP contribution in [0.3, 0.4) is 0 Å². The zero-order chi connectivity index (χ0) is 19.1. The number of para-hydroxylation sites is 1. The summed E-state index contributed by atoms with van der Waals surface area (Å²) in [6.45, 7) is 0.